The zero-order chi connectivity index (χ0) is 24.4. The number of nitrogens with zero attached hydrogens (tertiary/aromatic N) is 3. The summed E-state index contributed by atoms with van der Waals surface area (Å²) in [6.07, 6.45) is 1.16. The lowest BCUT2D eigenvalue weighted by atomic mass is 9.96. The van der Waals surface area contributed by atoms with Crippen LogP contribution in [0.3, 0.4) is 0 Å². The third-order valence-electron chi connectivity index (χ3n) is 6.05. The van der Waals surface area contributed by atoms with Crippen LogP contribution >= 0.6 is 0 Å². The second-order valence-corrected chi connectivity index (χ2v) is 8.74. The molecule has 176 valence electrons. The van der Waals surface area contributed by atoms with Crippen LogP contribution in [0, 0.1) is 12.8 Å². The molecule has 8 heteroatoms. The molecule has 0 unspecified atom stereocenters. The number of rotatable bonds is 6. The highest BCUT2D eigenvalue weighted by Gasteiger charge is 2.26. The van der Waals surface area contributed by atoms with Gasteiger partial charge < -0.3 is 15.4 Å². The van der Waals surface area contributed by atoms with Gasteiger partial charge in [0.25, 0.3) is 11.5 Å². The highest BCUT2D eigenvalue weighted by Crippen LogP contribution is 2.21. The molecule has 1 aromatic heterocycles. The first-order valence-corrected chi connectivity index (χ1v) is 11.2. The molecule has 1 saturated heterocycles. The van der Waals surface area contributed by atoms with Gasteiger partial charge in [-0.3, -0.25) is 19.0 Å². The van der Waals surface area contributed by atoms with Gasteiger partial charge in [0.05, 0.1) is 16.6 Å². The Kier molecular flexibility index (Phi) is 6.49. The first kappa shape index (κ1) is 23.2. The van der Waals surface area contributed by atoms with E-state index in [4.69, 9.17) is 10.5 Å². The summed E-state index contributed by atoms with van der Waals surface area (Å²) in [5.74, 6) is 0.533. The minimum Gasteiger partial charge on any atom is -0.489 e. The molecule has 2 N–H and O–H groups in total. The zero-order valence-electron chi connectivity index (χ0n) is 19.4. The molecule has 2 heterocycles. The van der Waals surface area contributed by atoms with Crippen LogP contribution in [-0.2, 0) is 4.79 Å². The largest absolute Gasteiger partial charge is 0.489 e. The zero-order valence-corrected chi connectivity index (χ0v) is 19.4. The summed E-state index contributed by atoms with van der Waals surface area (Å²) in [6.45, 7) is 8.83. The topological polar surface area (TPSA) is 108 Å². The molecule has 2 aromatic carbocycles. The number of nitrogens with two attached hydrogens (primary N) is 1. The molecule has 1 fully saturated rings. The van der Waals surface area contributed by atoms with Crippen LogP contribution in [0.4, 0.5) is 0 Å². The smallest absolute Gasteiger partial charge is 0.266 e. The molecule has 1 aliphatic rings. The van der Waals surface area contributed by atoms with Crippen LogP contribution in [-0.4, -0.2) is 46.0 Å². The Morgan fingerprint density at radius 1 is 1.15 bits per heavy atom. The number of likely N-dealkylation sites (tertiary alicyclic amines) is 1. The second-order valence-electron chi connectivity index (χ2n) is 8.74. The molecule has 1 aliphatic heterocycles. The maximum absolute atomic E-state index is 13.3. The Morgan fingerprint density at radius 2 is 1.82 bits per heavy atom. The highest BCUT2D eigenvalue weighted by atomic mass is 16.5. The number of benzene rings is 2. The van der Waals surface area contributed by atoms with Crippen molar-refractivity contribution in [2.75, 3.05) is 19.7 Å². The number of aryl methyl sites for hydroxylation is 1. The lowest BCUT2D eigenvalue weighted by Gasteiger charge is -2.30. The molecule has 0 radical (unpaired) electrons. The third-order valence-corrected chi connectivity index (χ3v) is 6.05. The molecular formula is C26H28N4O4. The summed E-state index contributed by atoms with van der Waals surface area (Å²) in [4.78, 5) is 43.9. The molecule has 34 heavy (non-hydrogen) atoms. The molecule has 0 atom stereocenters. The Balaban J connectivity index is 1.59. The summed E-state index contributed by atoms with van der Waals surface area (Å²) >= 11 is 0. The van der Waals surface area contributed by atoms with Crippen molar-refractivity contribution in [2.45, 2.75) is 26.7 Å². The highest BCUT2D eigenvalue weighted by molar-refractivity contribution is 5.94. The van der Waals surface area contributed by atoms with Gasteiger partial charge in [0.2, 0.25) is 5.91 Å². The van der Waals surface area contributed by atoms with Crippen LogP contribution < -0.4 is 16.0 Å². The number of primary amides is 1. The van der Waals surface area contributed by atoms with Crippen LogP contribution in [0.2, 0.25) is 0 Å². The van der Waals surface area contributed by atoms with Crippen molar-refractivity contribution in [1.82, 2.24) is 14.5 Å². The van der Waals surface area contributed by atoms with E-state index in [9.17, 15) is 14.4 Å². The molecule has 2 amide bonds. The second kappa shape index (κ2) is 9.51. The number of hydrogen-bond acceptors (Lipinski definition) is 5. The number of piperidine rings is 1. The van der Waals surface area contributed by atoms with E-state index in [1.54, 1.807) is 54.3 Å². The maximum Gasteiger partial charge on any atom is 0.266 e. The summed E-state index contributed by atoms with van der Waals surface area (Å²) in [7, 11) is 0. The minimum absolute atomic E-state index is 0.102. The number of ether oxygens (including phenoxy) is 1. The van der Waals surface area contributed by atoms with E-state index in [0.717, 1.165) is 5.57 Å². The summed E-state index contributed by atoms with van der Waals surface area (Å²) in [6, 6.07) is 12.1. The van der Waals surface area contributed by atoms with E-state index in [0.29, 0.717) is 66.3 Å². The van der Waals surface area contributed by atoms with E-state index in [1.807, 2.05) is 6.92 Å². The fourth-order valence-corrected chi connectivity index (χ4v) is 4.18. The van der Waals surface area contributed by atoms with Crippen LogP contribution in [0.25, 0.3) is 16.6 Å². The SMILES string of the molecule is C=C(C)COc1ccc2nc(C)n(-c3ccc(C(=O)N4CCC(C(N)=O)CC4)cc3)c(=O)c2c1. The number of carbonyl (C=O) groups is 2. The molecule has 4 rings (SSSR count). The van der Waals surface area contributed by atoms with Crippen LogP contribution in [0.15, 0.2) is 59.4 Å². The van der Waals surface area contributed by atoms with Crippen molar-refractivity contribution >= 4 is 22.7 Å². The quantitative estimate of drug-likeness (QED) is 0.569. The van der Waals surface area contributed by atoms with E-state index in [-0.39, 0.29) is 23.3 Å². The van der Waals surface area contributed by atoms with Crippen LogP contribution in [0.1, 0.15) is 35.9 Å². The van der Waals surface area contributed by atoms with Gasteiger partial charge in [-0.2, -0.15) is 0 Å². The average Bonchev–Trinajstić information content (AvgIpc) is 2.83. The van der Waals surface area contributed by atoms with Gasteiger partial charge in [-0.25, -0.2) is 4.98 Å². The van der Waals surface area contributed by atoms with Gasteiger partial charge in [-0.1, -0.05) is 6.58 Å². The molecule has 0 aliphatic carbocycles. The number of amides is 2. The van der Waals surface area contributed by atoms with Gasteiger partial charge in [-0.15, -0.1) is 0 Å². The number of carbonyl (C=O) groups excluding carboxylic acids is 2. The van der Waals surface area contributed by atoms with Crippen molar-refractivity contribution in [3.05, 3.63) is 76.4 Å². The predicted octanol–water partition coefficient (Wildman–Crippen LogP) is 2.99. The molecule has 0 bridgehead atoms. The fraction of sp³-hybridized carbons (Fsp3) is 0.308. The fourth-order valence-electron chi connectivity index (χ4n) is 4.18. The molecule has 3 aromatic rings. The number of fused-ring (bicyclic) bond motifs is 1. The number of aromatic nitrogens is 2. The Hall–Kier alpha value is -3.94. The summed E-state index contributed by atoms with van der Waals surface area (Å²) < 4.78 is 7.21. The minimum atomic E-state index is -0.309. The lowest BCUT2D eigenvalue weighted by molar-refractivity contribution is -0.123. The van der Waals surface area contributed by atoms with Gasteiger partial charge in [0, 0.05) is 24.6 Å². The molecule has 0 spiro atoms. The van der Waals surface area contributed by atoms with Crippen molar-refractivity contribution in [3.63, 3.8) is 0 Å². The summed E-state index contributed by atoms with van der Waals surface area (Å²) in [5.41, 5.74) is 7.78. The lowest BCUT2D eigenvalue weighted by Crippen LogP contribution is -2.41. The summed E-state index contributed by atoms with van der Waals surface area (Å²) in [5, 5.41) is 0.447. The van der Waals surface area contributed by atoms with Crippen LogP contribution in [0.5, 0.6) is 5.75 Å². The number of hydrogen-bond donors (Lipinski definition) is 1. The van der Waals surface area contributed by atoms with E-state index < -0.39 is 0 Å². The Labute approximate surface area is 197 Å². The normalized spacial score (nSPS) is 14.2. The first-order valence-electron chi connectivity index (χ1n) is 11.2. The van der Waals surface area contributed by atoms with E-state index in [2.05, 4.69) is 11.6 Å². The van der Waals surface area contributed by atoms with Crippen molar-refractivity contribution in [1.29, 1.82) is 0 Å². The predicted molar refractivity (Wildman–Crippen MR) is 130 cm³/mol. The van der Waals surface area contributed by atoms with Gasteiger partial charge in [0.1, 0.15) is 18.2 Å². The van der Waals surface area contributed by atoms with Gasteiger partial charge >= 0.3 is 0 Å². The Morgan fingerprint density at radius 3 is 2.44 bits per heavy atom. The van der Waals surface area contributed by atoms with Crippen molar-refractivity contribution in [3.8, 4) is 11.4 Å². The van der Waals surface area contributed by atoms with E-state index >= 15 is 0 Å². The Bertz CT molecular complexity index is 1320. The van der Waals surface area contributed by atoms with E-state index in [1.165, 1.54) is 4.57 Å². The van der Waals surface area contributed by atoms with Gasteiger partial charge in [0.15, 0.2) is 0 Å². The monoisotopic (exact) mass is 460 g/mol. The maximum atomic E-state index is 13.3. The standard InChI is InChI=1S/C26H28N4O4/c1-16(2)15-34-21-8-9-23-22(14-21)26(33)30(17(3)28-23)20-6-4-19(5-7-20)25(32)29-12-10-18(11-13-29)24(27)31/h4-9,14,18H,1,10-13,15H2,2-3H3,(H2,27,31). The van der Waals surface area contributed by atoms with Crippen molar-refractivity contribution in [2.24, 2.45) is 11.7 Å². The van der Waals surface area contributed by atoms with Crippen molar-refractivity contribution < 1.29 is 14.3 Å². The molecule has 0 saturated carbocycles. The molecular weight excluding hydrogens is 432 g/mol. The molecule has 8 nitrogen and oxygen atoms in total. The first-order chi connectivity index (χ1) is 16.2. The van der Waals surface area contributed by atoms with Gasteiger partial charge in [-0.05, 0) is 74.7 Å². The third kappa shape index (κ3) is 4.71. The average molecular weight is 461 g/mol.